The van der Waals surface area contributed by atoms with Crippen LogP contribution in [0.4, 0.5) is 5.69 Å². The van der Waals surface area contributed by atoms with Crippen LogP contribution in [0.3, 0.4) is 0 Å². The SMILES string of the molecule is C#CCNC(=O)CNc1c(C)cnc2c(OC)cccc12. The molecule has 0 bridgehead atoms. The highest BCUT2D eigenvalue weighted by atomic mass is 16.5. The number of anilines is 1. The van der Waals surface area contributed by atoms with Gasteiger partial charge in [0, 0.05) is 17.3 Å². The number of carbonyl (C=O) groups is 1. The molecule has 2 rings (SSSR count). The van der Waals surface area contributed by atoms with Gasteiger partial charge in [-0.3, -0.25) is 9.78 Å². The van der Waals surface area contributed by atoms with Crippen LogP contribution in [-0.2, 0) is 4.79 Å². The monoisotopic (exact) mass is 283 g/mol. The lowest BCUT2D eigenvalue weighted by Gasteiger charge is -2.13. The van der Waals surface area contributed by atoms with Crippen molar-refractivity contribution in [2.75, 3.05) is 25.5 Å². The third-order valence-corrected chi connectivity index (χ3v) is 3.08. The van der Waals surface area contributed by atoms with E-state index in [0.717, 1.165) is 22.2 Å². The Morgan fingerprint density at radius 2 is 2.29 bits per heavy atom. The van der Waals surface area contributed by atoms with Gasteiger partial charge in [0.15, 0.2) is 0 Å². The molecule has 1 heterocycles. The number of rotatable bonds is 5. The summed E-state index contributed by atoms with van der Waals surface area (Å²) in [7, 11) is 1.61. The van der Waals surface area contributed by atoms with Crippen LogP contribution >= 0.6 is 0 Å². The van der Waals surface area contributed by atoms with Gasteiger partial charge in [-0.2, -0.15) is 0 Å². The number of para-hydroxylation sites is 1. The number of carbonyl (C=O) groups excluding carboxylic acids is 1. The van der Waals surface area contributed by atoms with E-state index in [1.54, 1.807) is 13.3 Å². The van der Waals surface area contributed by atoms with Crippen molar-refractivity contribution in [3.05, 3.63) is 30.0 Å². The molecule has 0 spiro atoms. The summed E-state index contributed by atoms with van der Waals surface area (Å²) in [4.78, 5) is 16.0. The highest BCUT2D eigenvalue weighted by Gasteiger charge is 2.10. The first-order valence-electron chi connectivity index (χ1n) is 6.53. The van der Waals surface area contributed by atoms with E-state index in [2.05, 4.69) is 21.5 Å². The van der Waals surface area contributed by atoms with Crippen LogP contribution in [0.5, 0.6) is 5.75 Å². The smallest absolute Gasteiger partial charge is 0.240 e. The van der Waals surface area contributed by atoms with Crippen molar-refractivity contribution in [1.29, 1.82) is 0 Å². The Bertz CT molecular complexity index is 704. The van der Waals surface area contributed by atoms with Gasteiger partial charge in [-0.15, -0.1) is 6.42 Å². The minimum atomic E-state index is -0.153. The van der Waals surface area contributed by atoms with Crippen molar-refractivity contribution in [2.24, 2.45) is 0 Å². The third kappa shape index (κ3) is 3.23. The molecule has 0 saturated heterocycles. The number of hydrogen-bond donors (Lipinski definition) is 2. The second-order valence-corrected chi connectivity index (χ2v) is 4.51. The zero-order valence-electron chi connectivity index (χ0n) is 12.1. The Balaban J connectivity index is 2.29. The highest BCUT2D eigenvalue weighted by molar-refractivity contribution is 5.97. The number of nitrogens with zero attached hydrogens (tertiary/aromatic N) is 1. The van der Waals surface area contributed by atoms with E-state index in [-0.39, 0.29) is 19.0 Å². The summed E-state index contributed by atoms with van der Waals surface area (Å²) in [6, 6.07) is 5.69. The number of aromatic nitrogens is 1. The number of terminal acetylenes is 1. The van der Waals surface area contributed by atoms with Crippen LogP contribution in [-0.4, -0.2) is 31.1 Å². The van der Waals surface area contributed by atoms with Crippen LogP contribution in [0.25, 0.3) is 10.9 Å². The van der Waals surface area contributed by atoms with Crippen molar-refractivity contribution in [3.8, 4) is 18.1 Å². The summed E-state index contributed by atoms with van der Waals surface area (Å²) in [6.45, 7) is 2.32. The molecule has 0 fully saturated rings. The molecule has 5 heteroatoms. The average molecular weight is 283 g/mol. The van der Waals surface area contributed by atoms with Gasteiger partial charge >= 0.3 is 0 Å². The molecular weight excluding hydrogens is 266 g/mol. The zero-order valence-corrected chi connectivity index (χ0v) is 12.1. The van der Waals surface area contributed by atoms with Gasteiger partial charge in [0.2, 0.25) is 5.91 Å². The number of pyridine rings is 1. The molecular formula is C16H17N3O2. The molecule has 1 amide bonds. The number of ether oxygens (including phenoxy) is 1. The van der Waals surface area contributed by atoms with Gasteiger partial charge in [-0.1, -0.05) is 18.1 Å². The van der Waals surface area contributed by atoms with Crippen LogP contribution in [0, 0.1) is 19.3 Å². The van der Waals surface area contributed by atoms with Gasteiger partial charge in [0.05, 0.1) is 20.2 Å². The predicted octanol–water partition coefficient (Wildman–Crippen LogP) is 1.71. The van der Waals surface area contributed by atoms with E-state index >= 15 is 0 Å². The Kier molecular flexibility index (Phi) is 4.62. The number of fused-ring (bicyclic) bond motifs is 1. The number of hydrogen-bond acceptors (Lipinski definition) is 4. The normalized spacial score (nSPS) is 9.95. The van der Waals surface area contributed by atoms with E-state index < -0.39 is 0 Å². The van der Waals surface area contributed by atoms with E-state index in [1.807, 2.05) is 25.1 Å². The first kappa shape index (κ1) is 14.7. The molecule has 0 aliphatic carbocycles. The number of methoxy groups -OCH3 is 1. The third-order valence-electron chi connectivity index (χ3n) is 3.08. The summed E-state index contributed by atoms with van der Waals surface area (Å²) in [5, 5.41) is 6.67. The number of amides is 1. The van der Waals surface area contributed by atoms with Gasteiger partial charge < -0.3 is 15.4 Å². The Morgan fingerprint density at radius 3 is 3.00 bits per heavy atom. The maximum atomic E-state index is 11.6. The molecule has 0 saturated carbocycles. The van der Waals surface area contributed by atoms with E-state index in [4.69, 9.17) is 11.2 Å². The molecule has 108 valence electrons. The van der Waals surface area contributed by atoms with Crippen LogP contribution in [0.2, 0.25) is 0 Å². The van der Waals surface area contributed by atoms with Crippen LogP contribution < -0.4 is 15.4 Å². The number of aryl methyl sites for hydroxylation is 1. The minimum Gasteiger partial charge on any atom is -0.494 e. The van der Waals surface area contributed by atoms with Gasteiger partial charge in [-0.05, 0) is 18.6 Å². The van der Waals surface area contributed by atoms with E-state index in [9.17, 15) is 4.79 Å². The lowest BCUT2D eigenvalue weighted by molar-refractivity contribution is -0.119. The molecule has 0 unspecified atom stereocenters. The van der Waals surface area contributed by atoms with Crippen molar-refractivity contribution in [2.45, 2.75) is 6.92 Å². The lowest BCUT2D eigenvalue weighted by Crippen LogP contribution is -2.30. The molecule has 1 aromatic carbocycles. The summed E-state index contributed by atoms with van der Waals surface area (Å²) in [5.74, 6) is 2.92. The average Bonchev–Trinajstić information content (AvgIpc) is 2.51. The molecule has 0 aliphatic rings. The first-order chi connectivity index (χ1) is 10.2. The Morgan fingerprint density at radius 1 is 1.48 bits per heavy atom. The zero-order chi connectivity index (χ0) is 15.2. The molecule has 0 radical (unpaired) electrons. The van der Waals surface area contributed by atoms with Gasteiger partial charge in [0.1, 0.15) is 11.3 Å². The van der Waals surface area contributed by atoms with E-state index in [1.165, 1.54) is 0 Å². The standard InChI is InChI=1S/C16H17N3O2/c1-4-8-17-14(20)10-19-15-11(2)9-18-16-12(15)6-5-7-13(16)21-3/h1,5-7,9H,8,10H2,2-3H3,(H,17,20)(H,18,19). The van der Waals surface area contributed by atoms with Crippen molar-refractivity contribution in [1.82, 2.24) is 10.3 Å². The summed E-state index contributed by atoms with van der Waals surface area (Å²) >= 11 is 0. The maximum Gasteiger partial charge on any atom is 0.240 e. The highest BCUT2D eigenvalue weighted by Crippen LogP contribution is 2.30. The summed E-state index contributed by atoms with van der Waals surface area (Å²) in [5.41, 5.74) is 2.59. The maximum absolute atomic E-state index is 11.6. The van der Waals surface area contributed by atoms with Crippen molar-refractivity contribution < 1.29 is 9.53 Å². The van der Waals surface area contributed by atoms with Crippen molar-refractivity contribution >= 4 is 22.5 Å². The molecule has 0 atom stereocenters. The Hall–Kier alpha value is -2.74. The topological polar surface area (TPSA) is 63.2 Å². The van der Waals surface area contributed by atoms with Crippen molar-refractivity contribution in [3.63, 3.8) is 0 Å². The summed E-state index contributed by atoms with van der Waals surface area (Å²) < 4.78 is 5.31. The second kappa shape index (κ2) is 6.62. The quantitative estimate of drug-likeness (QED) is 0.820. The molecule has 2 aromatic rings. The van der Waals surface area contributed by atoms with Crippen LogP contribution in [0.15, 0.2) is 24.4 Å². The number of benzene rings is 1. The predicted molar refractivity (Wildman–Crippen MR) is 83.4 cm³/mol. The van der Waals surface area contributed by atoms with E-state index in [0.29, 0.717) is 5.75 Å². The fraction of sp³-hybridized carbons (Fsp3) is 0.250. The fourth-order valence-electron chi connectivity index (χ4n) is 2.08. The van der Waals surface area contributed by atoms with Gasteiger partial charge in [0.25, 0.3) is 0 Å². The molecule has 5 nitrogen and oxygen atoms in total. The first-order valence-corrected chi connectivity index (χ1v) is 6.53. The largest absolute Gasteiger partial charge is 0.494 e. The minimum absolute atomic E-state index is 0.152. The Labute approximate surface area is 123 Å². The molecule has 21 heavy (non-hydrogen) atoms. The second-order valence-electron chi connectivity index (χ2n) is 4.51. The van der Waals surface area contributed by atoms with Gasteiger partial charge in [-0.25, -0.2) is 0 Å². The molecule has 2 N–H and O–H groups in total. The molecule has 0 aliphatic heterocycles. The fourth-order valence-corrected chi connectivity index (χ4v) is 2.08. The lowest BCUT2D eigenvalue weighted by atomic mass is 10.1. The molecule has 1 aromatic heterocycles. The number of nitrogens with one attached hydrogen (secondary N) is 2. The van der Waals surface area contributed by atoms with Crippen LogP contribution in [0.1, 0.15) is 5.56 Å². The summed E-state index contributed by atoms with van der Waals surface area (Å²) in [6.07, 6.45) is 6.86.